The molecule has 0 bridgehead atoms. The summed E-state index contributed by atoms with van der Waals surface area (Å²) in [7, 11) is 0. The summed E-state index contributed by atoms with van der Waals surface area (Å²) in [6, 6.07) is 10.6. The number of hydrogen-bond donors (Lipinski definition) is 0. The molecular formula is C21H15F3N2O5. The molecule has 1 unspecified atom stereocenters. The predicted octanol–water partition coefficient (Wildman–Crippen LogP) is 2.81. The lowest BCUT2D eigenvalue weighted by Gasteiger charge is -2.18. The summed E-state index contributed by atoms with van der Waals surface area (Å²) in [6.07, 6.45) is -4.75. The van der Waals surface area contributed by atoms with Gasteiger partial charge < -0.3 is 9.74 Å². The van der Waals surface area contributed by atoms with Crippen LogP contribution < -0.4 is 0 Å². The van der Waals surface area contributed by atoms with Crippen molar-refractivity contribution in [3.05, 3.63) is 70.8 Å². The van der Waals surface area contributed by atoms with Gasteiger partial charge in [-0.2, -0.15) is 13.2 Å². The number of alkyl halides is 3. The Labute approximate surface area is 173 Å². The molecule has 2 aliphatic heterocycles. The molecule has 2 aromatic rings. The van der Waals surface area contributed by atoms with Gasteiger partial charge in [-0.05, 0) is 29.8 Å². The van der Waals surface area contributed by atoms with E-state index in [2.05, 4.69) is 0 Å². The van der Waals surface area contributed by atoms with Crippen LogP contribution in [0.4, 0.5) is 13.2 Å². The summed E-state index contributed by atoms with van der Waals surface area (Å²) in [5.74, 6) is -3.89. The lowest BCUT2D eigenvalue weighted by Crippen LogP contribution is -2.35. The van der Waals surface area contributed by atoms with Crippen molar-refractivity contribution in [3.63, 3.8) is 0 Å². The molecule has 2 heterocycles. The average molecular weight is 432 g/mol. The molecule has 0 spiro atoms. The van der Waals surface area contributed by atoms with Gasteiger partial charge in [0.15, 0.2) is 0 Å². The molecule has 3 amide bonds. The van der Waals surface area contributed by atoms with E-state index in [0.29, 0.717) is 5.06 Å². The van der Waals surface area contributed by atoms with Crippen LogP contribution in [-0.2, 0) is 27.1 Å². The zero-order chi connectivity index (χ0) is 22.3. The van der Waals surface area contributed by atoms with Gasteiger partial charge >= 0.3 is 12.1 Å². The average Bonchev–Trinajstić information content (AvgIpc) is 3.21. The number of rotatable bonds is 4. The smallest absolute Gasteiger partial charge is 0.337 e. The van der Waals surface area contributed by atoms with E-state index in [9.17, 15) is 32.3 Å². The number of fused-ring (bicyclic) bond motifs is 1. The summed E-state index contributed by atoms with van der Waals surface area (Å²) in [4.78, 5) is 55.6. The number of halogens is 3. The maximum absolute atomic E-state index is 12.9. The standard InChI is InChI=1S/C21H15F3N2O5/c22-21(23,24)14-5-3-4-12(8-14)10-25-11-13(9-17(25)27)20(30)31-26-18(28)15-6-1-2-7-16(15)19(26)29/h1-8,13H,9-11H2. The lowest BCUT2D eigenvalue weighted by atomic mass is 10.1. The van der Waals surface area contributed by atoms with Crippen molar-refractivity contribution in [1.82, 2.24) is 9.96 Å². The predicted molar refractivity (Wildman–Crippen MR) is 98.0 cm³/mol. The minimum atomic E-state index is -4.51. The van der Waals surface area contributed by atoms with E-state index in [-0.39, 0.29) is 36.2 Å². The zero-order valence-corrected chi connectivity index (χ0v) is 15.9. The third kappa shape index (κ3) is 3.88. The summed E-state index contributed by atoms with van der Waals surface area (Å²) >= 11 is 0. The van der Waals surface area contributed by atoms with Crippen LogP contribution in [0, 0.1) is 5.92 Å². The van der Waals surface area contributed by atoms with Gasteiger partial charge in [0.25, 0.3) is 11.8 Å². The minimum Gasteiger partial charge on any atom is -0.337 e. The fourth-order valence-electron chi connectivity index (χ4n) is 3.56. The third-order valence-electron chi connectivity index (χ3n) is 5.11. The lowest BCUT2D eigenvalue weighted by molar-refractivity contribution is -0.173. The number of imide groups is 1. The maximum Gasteiger partial charge on any atom is 0.416 e. The molecule has 160 valence electrons. The first-order chi connectivity index (χ1) is 14.6. The third-order valence-corrected chi connectivity index (χ3v) is 5.11. The Kier molecular flexibility index (Phi) is 5.00. The normalized spacial score (nSPS) is 18.5. The second-order valence-electron chi connectivity index (χ2n) is 7.23. The molecule has 0 aromatic heterocycles. The Bertz CT molecular complexity index is 1060. The van der Waals surface area contributed by atoms with Crippen molar-refractivity contribution in [2.75, 3.05) is 6.54 Å². The van der Waals surface area contributed by atoms with Crippen LogP contribution in [0.2, 0.25) is 0 Å². The van der Waals surface area contributed by atoms with Gasteiger partial charge in [0, 0.05) is 19.5 Å². The van der Waals surface area contributed by atoms with E-state index in [0.717, 1.165) is 12.1 Å². The van der Waals surface area contributed by atoms with Crippen LogP contribution in [0.15, 0.2) is 48.5 Å². The highest BCUT2D eigenvalue weighted by Crippen LogP contribution is 2.31. The number of hydroxylamine groups is 2. The summed E-state index contributed by atoms with van der Waals surface area (Å²) in [5.41, 5.74) is -0.362. The van der Waals surface area contributed by atoms with Gasteiger partial charge in [-0.15, -0.1) is 0 Å². The zero-order valence-electron chi connectivity index (χ0n) is 15.9. The Morgan fingerprint density at radius 1 is 1.00 bits per heavy atom. The SMILES string of the molecule is O=C(ON1C(=O)c2ccccc2C1=O)C1CC(=O)N(Cc2cccc(C(F)(F)F)c2)C1. The fourth-order valence-corrected chi connectivity index (χ4v) is 3.56. The molecule has 7 nitrogen and oxygen atoms in total. The van der Waals surface area contributed by atoms with Gasteiger partial charge in [-0.1, -0.05) is 29.3 Å². The van der Waals surface area contributed by atoms with E-state index >= 15 is 0 Å². The number of nitrogens with zero attached hydrogens (tertiary/aromatic N) is 2. The number of carbonyl (C=O) groups is 4. The van der Waals surface area contributed by atoms with E-state index in [1.165, 1.54) is 29.2 Å². The number of hydrogen-bond acceptors (Lipinski definition) is 5. The molecular weight excluding hydrogens is 417 g/mol. The van der Waals surface area contributed by atoms with Crippen molar-refractivity contribution in [2.24, 2.45) is 5.92 Å². The summed E-state index contributed by atoms with van der Waals surface area (Å²) in [5, 5.41) is 0.368. The molecule has 2 aliphatic rings. The van der Waals surface area contributed by atoms with Gasteiger partial charge in [0.05, 0.1) is 22.6 Å². The molecule has 1 fully saturated rings. The number of likely N-dealkylation sites (tertiary alicyclic amines) is 1. The largest absolute Gasteiger partial charge is 0.416 e. The highest BCUT2D eigenvalue weighted by Gasteiger charge is 2.42. The van der Waals surface area contributed by atoms with E-state index in [1.807, 2.05) is 0 Å². The number of amides is 3. The Morgan fingerprint density at radius 2 is 1.65 bits per heavy atom. The molecule has 4 rings (SSSR count). The molecule has 31 heavy (non-hydrogen) atoms. The first-order valence-electron chi connectivity index (χ1n) is 9.28. The highest BCUT2D eigenvalue weighted by molar-refractivity contribution is 6.20. The van der Waals surface area contributed by atoms with Crippen molar-refractivity contribution in [3.8, 4) is 0 Å². The molecule has 0 saturated carbocycles. The van der Waals surface area contributed by atoms with Crippen molar-refractivity contribution < 1.29 is 37.2 Å². The van der Waals surface area contributed by atoms with Gasteiger partial charge in [-0.25, -0.2) is 4.79 Å². The molecule has 0 radical (unpaired) electrons. The second-order valence-corrected chi connectivity index (χ2v) is 7.23. The fraction of sp³-hybridized carbons (Fsp3) is 0.238. The summed E-state index contributed by atoms with van der Waals surface area (Å²) in [6.45, 7) is -0.212. The highest BCUT2D eigenvalue weighted by atomic mass is 19.4. The molecule has 0 aliphatic carbocycles. The number of carbonyl (C=O) groups excluding carboxylic acids is 4. The topological polar surface area (TPSA) is 84.0 Å². The minimum absolute atomic E-state index is 0.100. The second kappa shape index (κ2) is 7.53. The van der Waals surface area contributed by atoms with Crippen LogP contribution in [0.5, 0.6) is 0 Å². The number of benzene rings is 2. The van der Waals surface area contributed by atoms with E-state index < -0.39 is 41.3 Å². The Hall–Kier alpha value is -3.69. The van der Waals surface area contributed by atoms with Crippen molar-refractivity contribution >= 4 is 23.7 Å². The first kappa shape index (κ1) is 20.6. The monoisotopic (exact) mass is 432 g/mol. The van der Waals surface area contributed by atoms with Gasteiger partial charge in [0.2, 0.25) is 5.91 Å². The van der Waals surface area contributed by atoms with Gasteiger partial charge in [0.1, 0.15) is 0 Å². The maximum atomic E-state index is 12.9. The van der Waals surface area contributed by atoms with Crippen LogP contribution in [0.3, 0.4) is 0 Å². The van der Waals surface area contributed by atoms with Crippen LogP contribution in [-0.4, -0.2) is 40.2 Å². The molecule has 10 heteroatoms. The first-order valence-corrected chi connectivity index (χ1v) is 9.28. The van der Waals surface area contributed by atoms with Gasteiger partial charge in [-0.3, -0.25) is 14.4 Å². The summed E-state index contributed by atoms with van der Waals surface area (Å²) < 4.78 is 38.6. The molecule has 2 aromatic carbocycles. The van der Waals surface area contributed by atoms with Crippen LogP contribution in [0.1, 0.15) is 38.3 Å². The van der Waals surface area contributed by atoms with E-state index in [1.54, 1.807) is 12.1 Å². The van der Waals surface area contributed by atoms with Crippen molar-refractivity contribution in [2.45, 2.75) is 19.1 Å². The molecule has 1 atom stereocenters. The Morgan fingerprint density at radius 3 is 2.26 bits per heavy atom. The van der Waals surface area contributed by atoms with Crippen LogP contribution in [0.25, 0.3) is 0 Å². The van der Waals surface area contributed by atoms with Crippen LogP contribution >= 0.6 is 0 Å². The van der Waals surface area contributed by atoms with Crippen molar-refractivity contribution in [1.29, 1.82) is 0 Å². The Balaban J connectivity index is 1.41. The van der Waals surface area contributed by atoms with E-state index in [4.69, 9.17) is 4.84 Å². The quantitative estimate of drug-likeness (QED) is 0.694. The molecule has 1 saturated heterocycles. The molecule has 0 N–H and O–H groups in total.